The van der Waals surface area contributed by atoms with Gasteiger partial charge in [0.25, 0.3) is 0 Å². The second kappa shape index (κ2) is 3.94. The minimum atomic E-state index is 0.486. The van der Waals surface area contributed by atoms with Crippen molar-refractivity contribution in [2.45, 2.75) is 37.8 Å². The van der Waals surface area contributed by atoms with Crippen LogP contribution in [0.3, 0.4) is 0 Å². The molecule has 2 aliphatic heterocycles. The third kappa shape index (κ3) is 1.44. The van der Waals surface area contributed by atoms with Crippen LogP contribution in [0.15, 0.2) is 18.2 Å². The molecule has 2 N–H and O–H groups in total. The smallest absolute Gasteiger partial charge is 0.0642 e. The van der Waals surface area contributed by atoms with Crippen LogP contribution in [0.2, 0.25) is 5.02 Å². The van der Waals surface area contributed by atoms with E-state index in [-0.39, 0.29) is 0 Å². The lowest BCUT2D eigenvalue weighted by Crippen LogP contribution is -2.48. The highest BCUT2D eigenvalue weighted by molar-refractivity contribution is 6.33. The molecule has 0 radical (unpaired) electrons. The van der Waals surface area contributed by atoms with Gasteiger partial charge in [0.2, 0.25) is 0 Å². The van der Waals surface area contributed by atoms with Crippen LogP contribution in [0.25, 0.3) is 0 Å². The number of benzene rings is 1. The van der Waals surface area contributed by atoms with Crippen LogP contribution in [0.5, 0.6) is 0 Å². The zero-order chi connectivity index (χ0) is 11.1. The molecule has 86 valence electrons. The fraction of sp³-hybridized carbons (Fsp3) is 0.538. The van der Waals surface area contributed by atoms with Gasteiger partial charge in [-0.05, 0) is 37.3 Å². The summed E-state index contributed by atoms with van der Waals surface area (Å²) in [5, 5.41) is 0.889. The van der Waals surface area contributed by atoms with Crippen LogP contribution in [-0.4, -0.2) is 18.6 Å². The lowest BCUT2D eigenvalue weighted by molar-refractivity contribution is 0.399. The summed E-state index contributed by atoms with van der Waals surface area (Å²) in [5.74, 6) is 0. The molecule has 1 aromatic carbocycles. The Morgan fingerprint density at radius 1 is 1.38 bits per heavy atom. The molecule has 0 saturated carbocycles. The van der Waals surface area contributed by atoms with Crippen LogP contribution >= 0.6 is 11.6 Å². The van der Waals surface area contributed by atoms with Crippen molar-refractivity contribution in [2.24, 2.45) is 5.73 Å². The first-order chi connectivity index (χ1) is 7.81. The van der Waals surface area contributed by atoms with Crippen molar-refractivity contribution in [3.63, 3.8) is 0 Å². The average Bonchev–Trinajstić information content (AvgIpc) is 2.68. The van der Waals surface area contributed by atoms with Crippen LogP contribution in [0.4, 0.5) is 5.69 Å². The first-order valence-corrected chi connectivity index (χ1v) is 6.45. The number of nitrogens with zero attached hydrogens (tertiary/aromatic N) is 1. The third-order valence-electron chi connectivity index (χ3n) is 3.92. The molecule has 2 aliphatic rings. The maximum Gasteiger partial charge on any atom is 0.0642 e. The van der Waals surface area contributed by atoms with Crippen molar-refractivity contribution >= 4 is 17.3 Å². The first kappa shape index (κ1) is 10.4. The van der Waals surface area contributed by atoms with E-state index >= 15 is 0 Å². The Hall–Kier alpha value is -0.730. The van der Waals surface area contributed by atoms with Gasteiger partial charge in [0.15, 0.2) is 0 Å². The van der Waals surface area contributed by atoms with Gasteiger partial charge in [-0.1, -0.05) is 23.7 Å². The zero-order valence-electron chi connectivity index (χ0n) is 9.32. The van der Waals surface area contributed by atoms with E-state index in [1.54, 1.807) is 0 Å². The van der Waals surface area contributed by atoms with E-state index in [1.165, 1.54) is 30.5 Å². The summed E-state index contributed by atoms with van der Waals surface area (Å²) < 4.78 is 0. The van der Waals surface area contributed by atoms with Gasteiger partial charge in [0.1, 0.15) is 0 Å². The fourth-order valence-electron chi connectivity index (χ4n) is 3.23. The number of hydrogen-bond acceptors (Lipinski definition) is 2. The van der Waals surface area contributed by atoms with E-state index < -0.39 is 0 Å². The van der Waals surface area contributed by atoms with Gasteiger partial charge < -0.3 is 10.6 Å². The van der Waals surface area contributed by atoms with Gasteiger partial charge in [-0.2, -0.15) is 0 Å². The lowest BCUT2D eigenvalue weighted by atomic mass is 9.96. The summed E-state index contributed by atoms with van der Waals surface area (Å²) in [4.78, 5) is 2.49. The molecule has 3 rings (SSSR count). The average molecular weight is 237 g/mol. The Kier molecular flexibility index (Phi) is 2.56. The maximum atomic E-state index is 6.33. The molecule has 2 atom stereocenters. The highest BCUT2D eigenvalue weighted by atomic mass is 35.5. The number of para-hydroxylation sites is 1. The number of rotatable bonds is 1. The van der Waals surface area contributed by atoms with Crippen molar-refractivity contribution in [3.05, 3.63) is 28.8 Å². The molecule has 0 amide bonds. The summed E-state index contributed by atoms with van der Waals surface area (Å²) in [6, 6.07) is 7.37. The Morgan fingerprint density at radius 2 is 2.25 bits per heavy atom. The molecule has 1 saturated heterocycles. The Bertz CT molecular complexity index is 399. The zero-order valence-corrected chi connectivity index (χ0v) is 10.1. The van der Waals surface area contributed by atoms with Gasteiger partial charge in [-0.25, -0.2) is 0 Å². The number of piperidine rings is 1. The first-order valence-electron chi connectivity index (χ1n) is 6.07. The molecule has 2 nitrogen and oxygen atoms in total. The van der Waals surface area contributed by atoms with E-state index in [4.69, 9.17) is 17.3 Å². The lowest BCUT2D eigenvalue weighted by Gasteiger charge is -2.39. The summed E-state index contributed by atoms with van der Waals surface area (Å²) in [6.07, 6.45) is 4.93. The number of fused-ring (bicyclic) bond motifs is 3. The topological polar surface area (TPSA) is 29.3 Å². The molecule has 2 unspecified atom stereocenters. The van der Waals surface area contributed by atoms with Crippen molar-refractivity contribution in [2.75, 3.05) is 11.4 Å². The quantitative estimate of drug-likeness (QED) is 0.812. The van der Waals surface area contributed by atoms with Gasteiger partial charge in [0, 0.05) is 18.6 Å². The molecule has 2 heterocycles. The number of halogens is 1. The second-order valence-corrected chi connectivity index (χ2v) is 5.24. The predicted molar refractivity (Wildman–Crippen MR) is 68.1 cm³/mol. The maximum absolute atomic E-state index is 6.33. The van der Waals surface area contributed by atoms with E-state index in [0.29, 0.717) is 12.1 Å². The molecule has 0 aromatic heterocycles. The molecule has 16 heavy (non-hydrogen) atoms. The van der Waals surface area contributed by atoms with Crippen LogP contribution < -0.4 is 10.6 Å². The number of anilines is 1. The fourth-order valence-corrected chi connectivity index (χ4v) is 3.52. The Balaban J connectivity index is 2.05. The predicted octanol–water partition coefficient (Wildman–Crippen LogP) is 2.58. The second-order valence-electron chi connectivity index (χ2n) is 4.83. The molecule has 0 aliphatic carbocycles. The Labute approximate surface area is 101 Å². The highest BCUT2D eigenvalue weighted by Gasteiger charge is 2.37. The molecule has 0 spiro atoms. The summed E-state index contributed by atoms with van der Waals surface area (Å²) >= 11 is 6.33. The van der Waals surface area contributed by atoms with E-state index in [0.717, 1.165) is 18.0 Å². The van der Waals surface area contributed by atoms with E-state index in [9.17, 15) is 0 Å². The van der Waals surface area contributed by atoms with Crippen LogP contribution in [0, 0.1) is 0 Å². The molecule has 3 heteroatoms. The molecular formula is C13H17ClN2. The van der Waals surface area contributed by atoms with E-state index in [2.05, 4.69) is 17.0 Å². The normalized spacial score (nSPS) is 27.8. The third-order valence-corrected chi connectivity index (χ3v) is 4.22. The summed E-state index contributed by atoms with van der Waals surface area (Å²) in [5.41, 5.74) is 8.54. The SMILES string of the molecule is NCC1CCCC2Cc3cccc(Cl)c3N12. The van der Waals surface area contributed by atoms with Gasteiger partial charge >= 0.3 is 0 Å². The summed E-state index contributed by atoms with van der Waals surface area (Å²) in [6.45, 7) is 0.737. The van der Waals surface area contributed by atoms with Crippen molar-refractivity contribution in [1.82, 2.24) is 0 Å². The van der Waals surface area contributed by atoms with Gasteiger partial charge in [-0.15, -0.1) is 0 Å². The largest absolute Gasteiger partial charge is 0.363 e. The minimum absolute atomic E-state index is 0.486. The molecule has 0 bridgehead atoms. The van der Waals surface area contributed by atoms with E-state index in [1.807, 2.05) is 6.07 Å². The number of hydrogen-bond donors (Lipinski definition) is 1. The molecular weight excluding hydrogens is 220 g/mol. The monoisotopic (exact) mass is 236 g/mol. The standard InChI is InChI=1S/C13H17ClN2/c14-12-6-1-3-9-7-10-4-2-5-11(8-15)16(10)13(9)12/h1,3,6,10-11H,2,4-5,7-8,15H2. The van der Waals surface area contributed by atoms with Crippen LogP contribution in [-0.2, 0) is 6.42 Å². The highest BCUT2D eigenvalue weighted by Crippen LogP contribution is 2.43. The van der Waals surface area contributed by atoms with Crippen LogP contribution in [0.1, 0.15) is 24.8 Å². The molecule has 1 aromatic rings. The molecule has 1 fully saturated rings. The summed E-state index contributed by atoms with van der Waals surface area (Å²) in [7, 11) is 0. The van der Waals surface area contributed by atoms with Crippen molar-refractivity contribution in [3.8, 4) is 0 Å². The van der Waals surface area contributed by atoms with Gasteiger partial charge in [-0.3, -0.25) is 0 Å². The van der Waals surface area contributed by atoms with Crippen molar-refractivity contribution < 1.29 is 0 Å². The van der Waals surface area contributed by atoms with Gasteiger partial charge in [0.05, 0.1) is 10.7 Å². The van der Waals surface area contributed by atoms with Crippen molar-refractivity contribution in [1.29, 1.82) is 0 Å². The number of nitrogens with two attached hydrogens (primary N) is 1. The minimum Gasteiger partial charge on any atom is -0.363 e. The Morgan fingerprint density at radius 3 is 3.06 bits per heavy atom.